The molecule has 0 N–H and O–H groups in total. The minimum absolute atomic E-state index is 0.0452. The maximum absolute atomic E-state index is 12.5. The summed E-state index contributed by atoms with van der Waals surface area (Å²) < 4.78 is 5.68. The van der Waals surface area contributed by atoms with Crippen LogP contribution in [0, 0.1) is 0 Å². The highest BCUT2D eigenvalue weighted by Crippen LogP contribution is 2.31. The molecule has 2 aromatic carbocycles. The van der Waals surface area contributed by atoms with Crippen molar-refractivity contribution in [3.63, 3.8) is 0 Å². The van der Waals surface area contributed by atoms with E-state index in [0.717, 1.165) is 5.56 Å². The fourth-order valence-corrected chi connectivity index (χ4v) is 3.12. The Morgan fingerprint density at radius 1 is 1.05 bits per heavy atom. The number of hydrogen-bond donors (Lipinski definition) is 0. The van der Waals surface area contributed by atoms with E-state index in [1.54, 1.807) is 7.11 Å². The lowest BCUT2D eigenvalue weighted by atomic mass is 9.86. The predicted molar refractivity (Wildman–Crippen MR) is 86.5 cm³/mol. The van der Waals surface area contributed by atoms with Crippen molar-refractivity contribution in [2.75, 3.05) is 13.7 Å². The number of carbonyl (C=O) groups is 1. The second-order valence-corrected chi connectivity index (χ2v) is 5.76. The van der Waals surface area contributed by atoms with Gasteiger partial charge in [-0.15, -0.1) is 0 Å². The molecule has 1 saturated heterocycles. The SMILES string of the molecule is COC1CN(Cc2ccccc2)C(=O)CC1c1ccccc1. The molecule has 0 spiro atoms. The Bertz CT molecular complexity index is 612. The number of ether oxygens (including phenoxy) is 1. The zero-order valence-corrected chi connectivity index (χ0v) is 12.8. The average molecular weight is 295 g/mol. The normalized spacial score (nSPS) is 21.9. The minimum Gasteiger partial charge on any atom is -0.379 e. The Hall–Kier alpha value is -2.13. The molecule has 0 aromatic heterocycles. The zero-order chi connectivity index (χ0) is 15.4. The number of likely N-dealkylation sites (tertiary alicyclic amines) is 1. The van der Waals surface area contributed by atoms with Crippen molar-refractivity contribution in [3.05, 3.63) is 71.8 Å². The van der Waals surface area contributed by atoms with Crippen molar-refractivity contribution in [2.45, 2.75) is 25.0 Å². The Kier molecular flexibility index (Phi) is 4.54. The van der Waals surface area contributed by atoms with Crippen molar-refractivity contribution >= 4 is 5.91 Å². The van der Waals surface area contributed by atoms with E-state index in [2.05, 4.69) is 24.3 Å². The number of carbonyl (C=O) groups excluding carboxylic acids is 1. The summed E-state index contributed by atoms with van der Waals surface area (Å²) >= 11 is 0. The Morgan fingerprint density at radius 3 is 2.32 bits per heavy atom. The van der Waals surface area contributed by atoms with Gasteiger partial charge in [-0.1, -0.05) is 60.7 Å². The molecule has 3 rings (SSSR count). The van der Waals surface area contributed by atoms with Gasteiger partial charge in [0.15, 0.2) is 0 Å². The Morgan fingerprint density at radius 2 is 1.68 bits per heavy atom. The first-order valence-electron chi connectivity index (χ1n) is 7.67. The van der Waals surface area contributed by atoms with Crippen LogP contribution in [0.25, 0.3) is 0 Å². The highest BCUT2D eigenvalue weighted by atomic mass is 16.5. The van der Waals surface area contributed by atoms with Gasteiger partial charge in [0.1, 0.15) is 0 Å². The van der Waals surface area contributed by atoms with Crippen LogP contribution < -0.4 is 0 Å². The van der Waals surface area contributed by atoms with Crippen LogP contribution >= 0.6 is 0 Å². The number of nitrogens with zero attached hydrogens (tertiary/aromatic N) is 1. The zero-order valence-electron chi connectivity index (χ0n) is 12.8. The van der Waals surface area contributed by atoms with Crippen LogP contribution in [0.1, 0.15) is 23.5 Å². The largest absolute Gasteiger partial charge is 0.379 e. The van der Waals surface area contributed by atoms with Gasteiger partial charge in [-0.05, 0) is 11.1 Å². The highest BCUT2D eigenvalue weighted by molar-refractivity contribution is 5.78. The molecule has 114 valence electrons. The van der Waals surface area contributed by atoms with Gasteiger partial charge in [0.2, 0.25) is 5.91 Å². The Labute approximate surface area is 131 Å². The maximum atomic E-state index is 12.5. The summed E-state index contributed by atoms with van der Waals surface area (Å²) in [6.45, 7) is 1.30. The van der Waals surface area contributed by atoms with Crippen molar-refractivity contribution in [1.82, 2.24) is 4.90 Å². The smallest absolute Gasteiger partial charge is 0.223 e. The van der Waals surface area contributed by atoms with E-state index in [0.29, 0.717) is 19.5 Å². The molecular formula is C19H21NO2. The molecule has 1 amide bonds. The van der Waals surface area contributed by atoms with Crippen LogP contribution in [0.3, 0.4) is 0 Å². The molecule has 3 heteroatoms. The topological polar surface area (TPSA) is 29.5 Å². The minimum atomic E-state index is 0.0452. The molecular weight excluding hydrogens is 274 g/mol. The van der Waals surface area contributed by atoms with Gasteiger partial charge in [-0.2, -0.15) is 0 Å². The van der Waals surface area contributed by atoms with Crippen LogP contribution in [0.15, 0.2) is 60.7 Å². The molecule has 2 atom stereocenters. The number of hydrogen-bond acceptors (Lipinski definition) is 2. The monoisotopic (exact) mass is 295 g/mol. The first-order valence-corrected chi connectivity index (χ1v) is 7.67. The van der Waals surface area contributed by atoms with Crippen LogP contribution in [0.2, 0.25) is 0 Å². The van der Waals surface area contributed by atoms with Crippen molar-refractivity contribution in [1.29, 1.82) is 0 Å². The molecule has 1 heterocycles. The molecule has 2 unspecified atom stereocenters. The average Bonchev–Trinajstić information content (AvgIpc) is 2.58. The van der Waals surface area contributed by atoms with Gasteiger partial charge in [0, 0.05) is 32.5 Å². The van der Waals surface area contributed by atoms with E-state index >= 15 is 0 Å². The molecule has 0 bridgehead atoms. The lowest BCUT2D eigenvalue weighted by Gasteiger charge is -2.37. The van der Waals surface area contributed by atoms with Gasteiger partial charge in [0.25, 0.3) is 0 Å². The van der Waals surface area contributed by atoms with Crippen molar-refractivity contribution in [3.8, 4) is 0 Å². The van der Waals surface area contributed by atoms with E-state index in [1.165, 1.54) is 5.56 Å². The van der Waals surface area contributed by atoms with Gasteiger partial charge < -0.3 is 9.64 Å². The van der Waals surface area contributed by atoms with Crippen molar-refractivity contribution in [2.24, 2.45) is 0 Å². The summed E-state index contributed by atoms with van der Waals surface area (Å²) in [6, 6.07) is 20.3. The molecule has 3 nitrogen and oxygen atoms in total. The first kappa shape index (κ1) is 14.8. The summed E-state index contributed by atoms with van der Waals surface area (Å²) in [5.41, 5.74) is 2.34. The number of rotatable bonds is 4. The molecule has 2 aromatic rings. The molecule has 0 saturated carbocycles. The summed E-state index contributed by atoms with van der Waals surface area (Å²) in [6.07, 6.45) is 0.554. The maximum Gasteiger partial charge on any atom is 0.223 e. The van der Waals surface area contributed by atoms with Gasteiger partial charge in [-0.3, -0.25) is 4.79 Å². The number of benzene rings is 2. The Balaban J connectivity index is 1.75. The summed E-state index contributed by atoms with van der Waals surface area (Å²) in [7, 11) is 1.73. The summed E-state index contributed by atoms with van der Waals surface area (Å²) in [4.78, 5) is 14.4. The molecule has 0 aliphatic carbocycles. The van der Waals surface area contributed by atoms with Crippen LogP contribution in [-0.4, -0.2) is 30.6 Å². The highest BCUT2D eigenvalue weighted by Gasteiger charge is 2.34. The summed E-state index contributed by atoms with van der Waals surface area (Å²) in [5.74, 6) is 0.344. The third-order valence-corrected chi connectivity index (χ3v) is 4.34. The van der Waals surface area contributed by atoms with E-state index in [-0.39, 0.29) is 17.9 Å². The number of methoxy groups -OCH3 is 1. The van der Waals surface area contributed by atoms with Crippen molar-refractivity contribution < 1.29 is 9.53 Å². The molecule has 0 radical (unpaired) electrons. The second-order valence-electron chi connectivity index (χ2n) is 5.76. The fraction of sp³-hybridized carbons (Fsp3) is 0.316. The van der Waals surface area contributed by atoms with Gasteiger partial charge in [-0.25, -0.2) is 0 Å². The lowest BCUT2D eigenvalue weighted by molar-refractivity contribution is -0.139. The molecule has 1 fully saturated rings. The van der Waals surface area contributed by atoms with E-state index in [4.69, 9.17) is 4.74 Å². The van der Waals surface area contributed by atoms with Gasteiger partial charge in [0.05, 0.1) is 6.10 Å². The predicted octanol–water partition coefficient (Wildman–Crippen LogP) is 3.22. The van der Waals surface area contributed by atoms with E-state index < -0.39 is 0 Å². The van der Waals surface area contributed by atoms with E-state index in [9.17, 15) is 4.79 Å². The third kappa shape index (κ3) is 3.20. The lowest BCUT2D eigenvalue weighted by Crippen LogP contribution is -2.46. The molecule has 22 heavy (non-hydrogen) atoms. The molecule has 1 aliphatic heterocycles. The first-order chi connectivity index (χ1) is 10.8. The van der Waals surface area contributed by atoms with Crippen LogP contribution in [0.4, 0.5) is 0 Å². The molecule has 1 aliphatic rings. The standard InChI is InChI=1S/C19H21NO2/c1-22-18-14-20(13-15-8-4-2-5-9-15)19(21)12-17(18)16-10-6-3-7-11-16/h2-11,17-18H,12-14H2,1H3. The summed E-state index contributed by atoms with van der Waals surface area (Å²) in [5, 5.41) is 0. The third-order valence-electron chi connectivity index (χ3n) is 4.34. The van der Waals surface area contributed by atoms with Gasteiger partial charge >= 0.3 is 0 Å². The van der Waals surface area contributed by atoms with Crippen LogP contribution in [-0.2, 0) is 16.1 Å². The fourth-order valence-electron chi connectivity index (χ4n) is 3.12. The second kappa shape index (κ2) is 6.75. The van der Waals surface area contributed by atoms with Crippen LogP contribution in [0.5, 0.6) is 0 Å². The quantitative estimate of drug-likeness (QED) is 0.867. The number of piperidine rings is 1. The van der Waals surface area contributed by atoms with E-state index in [1.807, 2.05) is 41.3 Å². The number of amides is 1.